The fourth-order valence-electron chi connectivity index (χ4n) is 8.06. The number of nitrogens with two attached hydrogens (primary N) is 1. The van der Waals surface area contributed by atoms with Crippen LogP contribution in [0.15, 0.2) is 22.7 Å². The van der Waals surface area contributed by atoms with Gasteiger partial charge in [-0.2, -0.15) is 0 Å². The summed E-state index contributed by atoms with van der Waals surface area (Å²) in [5.41, 5.74) is 1.49. The number of aliphatic hydroxyl groups excluding tert-OH is 2. The highest BCUT2D eigenvalue weighted by Crippen LogP contribution is 2.54. The van der Waals surface area contributed by atoms with Crippen molar-refractivity contribution in [1.29, 1.82) is 0 Å². The standard InChI is InChI=1S/C31H40FN3O7/c1-29(2,3)12-30(4,5)35-10-15-16(11-35)23(36)19-14(21(15)32)8-13-9-17-22(34(6)7)25(38)20(28(33)41)27(40)31(17,42)26(39)18(13)24(19)37/h13,17,22,36,38-39,42H,8-12H2,1-7H3,(H2,33,41)/t13-,17-,22-,31-/m0/s1. The van der Waals surface area contributed by atoms with Gasteiger partial charge in [-0.1, -0.05) is 20.8 Å². The average Bonchev–Trinajstić information content (AvgIpc) is 3.30. The minimum Gasteiger partial charge on any atom is -0.510 e. The number of rotatable bonds is 4. The number of amides is 1. The number of Topliss-reactive ketones (excluding diaryl/α,β-unsaturated/α-hetero) is 2. The molecule has 3 aliphatic carbocycles. The maximum Gasteiger partial charge on any atom is 0.255 e. The van der Waals surface area contributed by atoms with Crippen molar-refractivity contribution in [1.82, 2.24) is 9.80 Å². The zero-order chi connectivity index (χ0) is 31.4. The number of carbonyl (C=O) groups is 3. The second-order valence-corrected chi connectivity index (χ2v) is 14.3. The summed E-state index contributed by atoms with van der Waals surface area (Å²) in [5.74, 6) is -8.02. The maximum atomic E-state index is 16.3. The Balaban J connectivity index is 1.63. The van der Waals surface area contributed by atoms with Crippen LogP contribution in [-0.4, -0.2) is 79.0 Å². The zero-order valence-corrected chi connectivity index (χ0v) is 25.1. The van der Waals surface area contributed by atoms with Gasteiger partial charge in [-0.3, -0.25) is 24.2 Å². The van der Waals surface area contributed by atoms with Gasteiger partial charge in [0, 0.05) is 46.8 Å². The fraction of sp³-hybridized carbons (Fsp3) is 0.581. The Labute approximate surface area is 244 Å². The molecule has 1 aliphatic heterocycles. The van der Waals surface area contributed by atoms with Crippen molar-refractivity contribution in [2.75, 3.05) is 14.1 Å². The minimum absolute atomic E-state index is 0.00961. The number of aromatic hydroxyl groups is 1. The Morgan fingerprint density at radius 2 is 1.67 bits per heavy atom. The third-order valence-corrected chi connectivity index (χ3v) is 9.55. The lowest BCUT2D eigenvalue weighted by Gasteiger charge is -2.50. The summed E-state index contributed by atoms with van der Waals surface area (Å²) in [7, 11) is 3.11. The van der Waals surface area contributed by atoms with Crippen LogP contribution in [0.2, 0.25) is 0 Å². The molecule has 1 amide bonds. The first-order chi connectivity index (χ1) is 19.2. The predicted molar refractivity (Wildman–Crippen MR) is 151 cm³/mol. The number of phenolic OH excluding ortho intramolecular Hbond substituents is 1. The number of carbonyl (C=O) groups excluding carboxylic acids is 3. The molecular formula is C31H40FN3O7. The highest BCUT2D eigenvalue weighted by molar-refractivity contribution is 6.24. The molecule has 42 heavy (non-hydrogen) atoms. The molecule has 1 aromatic carbocycles. The third-order valence-electron chi connectivity index (χ3n) is 9.55. The lowest BCUT2D eigenvalue weighted by atomic mass is 9.58. The van der Waals surface area contributed by atoms with Crippen LogP contribution in [0.1, 0.15) is 74.5 Å². The van der Waals surface area contributed by atoms with Crippen LogP contribution in [0.25, 0.3) is 0 Å². The zero-order valence-electron chi connectivity index (χ0n) is 25.1. The molecule has 1 heterocycles. The van der Waals surface area contributed by atoms with Crippen molar-refractivity contribution in [2.45, 2.75) is 84.2 Å². The van der Waals surface area contributed by atoms with E-state index in [1.807, 2.05) is 0 Å². The molecule has 5 rings (SSSR count). The third kappa shape index (κ3) is 4.11. The van der Waals surface area contributed by atoms with Gasteiger partial charge in [0.2, 0.25) is 5.78 Å². The second-order valence-electron chi connectivity index (χ2n) is 14.3. The number of fused-ring (bicyclic) bond motifs is 4. The van der Waals surface area contributed by atoms with Crippen molar-refractivity contribution in [3.8, 4) is 5.75 Å². The van der Waals surface area contributed by atoms with Gasteiger partial charge in [-0.25, -0.2) is 4.39 Å². The van der Waals surface area contributed by atoms with Crippen molar-refractivity contribution < 1.29 is 39.2 Å². The van der Waals surface area contributed by atoms with Crippen LogP contribution in [0.4, 0.5) is 4.39 Å². The number of primary amides is 1. The monoisotopic (exact) mass is 585 g/mol. The minimum atomic E-state index is -2.73. The lowest BCUT2D eigenvalue weighted by molar-refractivity contribution is -0.148. The smallest absolute Gasteiger partial charge is 0.255 e. The van der Waals surface area contributed by atoms with Gasteiger partial charge < -0.3 is 26.2 Å². The van der Waals surface area contributed by atoms with E-state index >= 15 is 4.39 Å². The van der Waals surface area contributed by atoms with E-state index in [0.29, 0.717) is 11.1 Å². The number of aliphatic hydroxyl groups is 3. The highest BCUT2D eigenvalue weighted by atomic mass is 19.1. The number of halogens is 1. The molecule has 0 saturated carbocycles. The Morgan fingerprint density at radius 3 is 2.21 bits per heavy atom. The molecule has 6 N–H and O–H groups in total. The van der Waals surface area contributed by atoms with E-state index in [9.17, 15) is 34.8 Å². The summed E-state index contributed by atoms with van der Waals surface area (Å²) in [4.78, 5) is 43.1. The van der Waals surface area contributed by atoms with Gasteiger partial charge in [-0.05, 0) is 58.5 Å². The van der Waals surface area contributed by atoms with Gasteiger partial charge in [0.1, 0.15) is 28.7 Å². The molecule has 0 unspecified atom stereocenters. The first-order valence-corrected chi connectivity index (χ1v) is 14.2. The molecule has 1 aromatic rings. The van der Waals surface area contributed by atoms with Crippen LogP contribution in [-0.2, 0) is 29.1 Å². The molecule has 228 valence electrons. The Kier molecular flexibility index (Phi) is 6.73. The van der Waals surface area contributed by atoms with Gasteiger partial charge in [0.05, 0.1) is 11.6 Å². The summed E-state index contributed by atoms with van der Waals surface area (Å²) in [6.45, 7) is 11.0. The molecule has 11 heteroatoms. The molecule has 4 aliphatic rings. The topological polar surface area (TPSA) is 165 Å². The van der Waals surface area contributed by atoms with Crippen molar-refractivity contribution >= 4 is 17.5 Å². The quantitative estimate of drug-likeness (QED) is 0.334. The lowest BCUT2D eigenvalue weighted by Crippen LogP contribution is -2.63. The highest BCUT2D eigenvalue weighted by Gasteiger charge is 2.63. The first kappa shape index (κ1) is 30.2. The van der Waals surface area contributed by atoms with Gasteiger partial charge in [0.25, 0.3) is 5.91 Å². The first-order valence-electron chi connectivity index (χ1n) is 14.2. The molecule has 0 spiro atoms. The number of benzene rings is 1. The summed E-state index contributed by atoms with van der Waals surface area (Å²) in [6, 6.07) is -1.10. The fourth-order valence-corrected chi connectivity index (χ4v) is 8.06. The van der Waals surface area contributed by atoms with Crippen LogP contribution >= 0.6 is 0 Å². The molecule has 0 aromatic heterocycles. The number of hydrogen-bond acceptors (Lipinski definition) is 9. The van der Waals surface area contributed by atoms with E-state index in [0.717, 1.165) is 6.42 Å². The predicted octanol–water partition coefficient (Wildman–Crippen LogP) is 2.79. The normalized spacial score (nSPS) is 28.2. The van der Waals surface area contributed by atoms with Gasteiger partial charge in [-0.15, -0.1) is 0 Å². The number of phenols is 1. The summed E-state index contributed by atoms with van der Waals surface area (Å²) < 4.78 is 16.3. The SMILES string of the molecule is CN(C)[C@@H]1C(O)=C(C(N)=O)C(=O)[C@@]2(O)C(O)=C3C(=O)c4c(O)c5c(c(F)c4C[C@H]3C[C@@H]12)CN(C(C)(C)CC(C)(C)C)C5. The number of allylic oxidation sites excluding steroid dienone is 1. The van der Waals surface area contributed by atoms with E-state index in [1.165, 1.54) is 4.90 Å². The molecule has 10 nitrogen and oxygen atoms in total. The largest absolute Gasteiger partial charge is 0.510 e. The van der Waals surface area contributed by atoms with Crippen LogP contribution in [0, 0.1) is 23.1 Å². The molecule has 0 radical (unpaired) electrons. The molecule has 0 bridgehead atoms. The number of hydrogen-bond donors (Lipinski definition) is 5. The van der Waals surface area contributed by atoms with Crippen LogP contribution < -0.4 is 5.73 Å². The molecule has 0 fully saturated rings. The number of ketones is 2. The average molecular weight is 586 g/mol. The molecule has 4 atom stereocenters. The van der Waals surface area contributed by atoms with Crippen molar-refractivity contribution in [3.63, 3.8) is 0 Å². The van der Waals surface area contributed by atoms with Gasteiger partial charge >= 0.3 is 0 Å². The molecule has 0 saturated heterocycles. The second kappa shape index (κ2) is 9.36. The van der Waals surface area contributed by atoms with E-state index in [2.05, 4.69) is 39.5 Å². The van der Waals surface area contributed by atoms with Crippen LogP contribution in [0.5, 0.6) is 5.75 Å². The maximum absolute atomic E-state index is 16.3. The number of likely N-dealkylation sites (N-methyl/N-ethyl adjacent to an activating group) is 1. The van der Waals surface area contributed by atoms with E-state index in [-0.39, 0.29) is 59.3 Å². The van der Waals surface area contributed by atoms with Crippen molar-refractivity contribution in [3.05, 3.63) is 50.7 Å². The Hall–Kier alpha value is -3.28. The summed E-state index contributed by atoms with van der Waals surface area (Å²) in [6.07, 6.45) is 0.632. The van der Waals surface area contributed by atoms with E-state index < -0.39 is 63.9 Å². The molecular weight excluding hydrogens is 545 g/mol. The van der Waals surface area contributed by atoms with Gasteiger partial charge in [0.15, 0.2) is 11.4 Å². The Morgan fingerprint density at radius 1 is 1.07 bits per heavy atom. The van der Waals surface area contributed by atoms with E-state index in [4.69, 9.17) is 5.73 Å². The summed E-state index contributed by atoms with van der Waals surface area (Å²) in [5, 5.41) is 45.5. The summed E-state index contributed by atoms with van der Waals surface area (Å²) >= 11 is 0. The van der Waals surface area contributed by atoms with Crippen molar-refractivity contribution in [2.24, 2.45) is 23.0 Å². The van der Waals surface area contributed by atoms with E-state index in [1.54, 1.807) is 14.1 Å². The van der Waals surface area contributed by atoms with Crippen LogP contribution in [0.3, 0.4) is 0 Å². The Bertz CT molecular complexity index is 1500. The number of nitrogens with zero attached hydrogens (tertiary/aromatic N) is 2.